The molecule has 0 fully saturated rings. The monoisotopic (exact) mass is 432 g/mol. The van der Waals surface area contributed by atoms with E-state index in [9.17, 15) is 14.7 Å². The molecular weight excluding hydrogens is 400 g/mol. The fraction of sp³-hybridized carbons (Fsp3) is 0.591. The number of carboxylic acids is 1. The number of rotatable bonds is 15. The van der Waals surface area contributed by atoms with Crippen molar-refractivity contribution in [2.75, 3.05) is 6.61 Å². The molecule has 2 rings (SSSR count). The van der Waals surface area contributed by atoms with E-state index in [1.807, 2.05) is 6.92 Å². The molecule has 0 bridgehead atoms. The van der Waals surface area contributed by atoms with Gasteiger partial charge in [0.2, 0.25) is 0 Å². The highest BCUT2D eigenvalue weighted by molar-refractivity contribution is 5.97. The van der Waals surface area contributed by atoms with Gasteiger partial charge in [-0.1, -0.05) is 26.2 Å². The Kier molecular flexibility index (Phi) is 9.93. The average molecular weight is 433 g/mol. The number of nitrogens with zero attached hydrogens (tertiary/aromatic N) is 4. The number of tetrazole rings is 1. The van der Waals surface area contributed by atoms with Crippen molar-refractivity contribution in [2.24, 2.45) is 0 Å². The Balaban J connectivity index is 1.68. The molecule has 0 aliphatic heterocycles. The van der Waals surface area contributed by atoms with Gasteiger partial charge in [-0.15, -0.1) is 10.2 Å². The van der Waals surface area contributed by atoms with E-state index in [1.165, 1.54) is 11.7 Å². The summed E-state index contributed by atoms with van der Waals surface area (Å²) < 4.78 is 5.88. The Morgan fingerprint density at radius 3 is 2.58 bits per heavy atom. The zero-order valence-electron chi connectivity index (χ0n) is 18.3. The van der Waals surface area contributed by atoms with Gasteiger partial charge in [-0.3, -0.25) is 9.59 Å². The van der Waals surface area contributed by atoms with Crippen molar-refractivity contribution in [3.8, 4) is 11.5 Å². The van der Waals surface area contributed by atoms with E-state index in [1.54, 1.807) is 12.1 Å². The Hall–Kier alpha value is -2.97. The van der Waals surface area contributed by atoms with Crippen LogP contribution < -0.4 is 4.74 Å². The molecule has 2 N–H and O–H groups in total. The molecule has 1 heterocycles. The fourth-order valence-corrected chi connectivity index (χ4v) is 3.29. The molecule has 170 valence electrons. The van der Waals surface area contributed by atoms with Gasteiger partial charge >= 0.3 is 5.97 Å². The number of aryl methyl sites for hydroxylation is 2. The molecule has 0 spiro atoms. The van der Waals surface area contributed by atoms with Crippen LogP contribution in [0.1, 0.15) is 80.5 Å². The van der Waals surface area contributed by atoms with Gasteiger partial charge in [-0.2, -0.15) is 4.80 Å². The molecule has 1 aromatic carbocycles. The van der Waals surface area contributed by atoms with Gasteiger partial charge in [-0.05, 0) is 50.0 Å². The second kappa shape index (κ2) is 12.7. The maximum atomic E-state index is 11.6. The molecular formula is C22H32N4O5. The van der Waals surface area contributed by atoms with Crippen LogP contribution in [0, 0.1) is 0 Å². The van der Waals surface area contributed by atoms with Crippen LogP contribution in [0.4, 0.5) is 0 Å². The van der Waals surface area contributed by atoms with Crippen LogP contribution in [0.15, 0.2) is 12.1 Å². The van der Waals surface area contributed by atoms with Crippen molar-refractivity contribution in [3.63, 3.8) is 0 Å². The highest BCUT2D eigenvalue weighted by Gasteiger charge is 2.15. The number of ether oxygens (including phenoxy) is 1. The molecule has 0 aliphatic carbocycles. The molecule has 1 aromatic heterocycles. The van der Waals surface area contributed by atoms with E-state index in [0.717, 1.165) is 38.5 Å². The minimum Gasteiger partial charge on any atom is -0.507 e. The number of phenols is 1. The standard InChI is InChI=1S/C22H32N4O5/c1-3-9-18-19(13-12-17(16(2)27)22(18)30)31-15-7-5-4-6-10-20-23-25-26(24-20)14-8-11-21(28)29/h12-13,30H,3-11,14-15H2,1-2H3,(H,28,29). The number of aromatic hydroxyl groups is 1. The molecule has 9 nitrogen and oxygen atoms in total. The lowest BCUT2D eigenvalue weighted by atomic mass is 10.0. The Bertz CT molecular complexity index is 866. The average Bonchev–Trinajstić information content (AvgIpc) is 3.16. The summed E-state index contributed by atoms with van der Waals surface area (Å²) >= 11 is 0. The molecule has 0 aliphatic rings. The number of phenolic OH excluding ortho intramolecular Hbond substituents is 1. The Morgan fingerprint density at radius 1 is 1.10 bits per heavy atom. The van der Waals surface area contributed by atoms with Gasteiger partial charge in [-0.25, -0.2) is 0 Å². The predicted molar refractivity (Wildman–Crippen MR) is 114 cm³/mol. The largest absolute Gasteiger partial charge is 0.507 e. The summed E-state index contributed by atoms with van der Waals surface area (Å²) in [5.74, 6) is 0.382. The predicted octanol–water partition coefficient (Wildman–Crippen LogP) is 3.58. The number of Topliss-reactive ketones (excluding diaryl/α,β-unsaturated/α-hetero) is 1. The number of carboxylic acid groups (broad SMARTS) is 1. The minimum atomic E-state index is -0.823. The molecule has 2 aromatic rings. The minimum absolute atomic E-state index is 0.0374. The van der Waals surface area contributed by atoms with Crippen LogP contribution in [0.2, 0.25) is 0 Å². The first kappa shape index (κ1) is 24.3. The number of ketones is 1. The molecule has 9 heteroatoms. The van der Waals surface area contributed by atoms with Crippen molar-refractivity contribution >= 4 is 11.8 Å². The van der Waals surface area contributed by atoms with Crippen LogP contribution in [0.25, 0.3) is 0 Å². The fourth-order valence-electron chi connectivity index (χ4n) is 3.29. The van der Waals surface area contributed by atoms with Crippen LogP contribution in [-0.2, 0) is 24.2 Å². The number of aliphatic carboxylic acids is 1. The van der Waals surface area contributed by atoms with Crippen molar-refractivity contribution in [1.82, 2.24) is 20.2 Å². The van der Waals surface area contributed by atoms with Crippen molar-refractivity contribution in [1.29, 1.82) is 0 Å². The topological polar surface area (TPSA) is 127 Å². The zero-order valence-corrected chi connectivity index (χ0v) is 18.3. The van der Waals surface area contributed by atoms with Gasteiger partial charge in [0.1, 0.15) is 11.5 Å². The smallest absolute Gasteiger partial charge is 0.303 e. The molecule has 0 unspecified atom stereocenters. The van der Waals surface area contributed by atoms with Gasteiger partial charge in [0.05, 0.1) is 18.7 Å². The van der Waals surface area contributed by atoms with Crippen LogP contribution in [0.3, 0.4) is 0 Å². The first-order valence-electron chi connectivity index (χ1n) is 10.9. The van der Waals surface area contributed by atoms with Crippen LogP contribution >= 0.6 is 0 Å². The van der Waals surface area contributed by atoms with E-state index >= 15 is 0 Å². The van der Waals surface area contributed by atoms with E-state index in [2.05, 4.69) is 15.4 Å². The quantitative estimate of drug-likeness (QED) is 0.323. The summed E-state index contributed by atoms with van der Waals surface area (Å²) in [5.41, 5.74) is 1.04. The molecule has 0 saturated carbocycles. The number of carbonyl (C=O) groups is 2. The number of carbonyl (C=O) groups excluding carboxylic acids is 1. The lowest BCUT2D eigenvalue weighted by Crippen LogP contribution is -2.05. The van der Waals surface area contributed by atoms with E-state index in [-0.39, 0.29) is 18.0 Å². The van der Waals surface area contributed by atoms with Crippen molar-refractivity contribution in [3.05, 3.63) is 29.1 Å². The van der Waals surface area contributed by atoms with E-state index < -0.39 is 5.97 Å². The van der Waals surface area contributed by atoms with Gasteiger partial charge < -0.3 is 14.9 Å². The highest BCUT2D eigenvalue weighted by Crippen LogP contribution is 2.33. The Labute approximate surface area is 182 Å². The second-order valence-electron chi connectivity index (χ2n) is 7.56. The Morgan fingerprint density at radius 2 is 1.87 bits per heavy atom. The number of hydrogen-bond donors (Lipinski definition) is 2. The van der Waals surface area contributed by atoms with Crippen LogP contribution in [-0.4, -0.2) is 48.8 Å². The SMILES string of the molecule is CCCc1c(OCCCCCCc2nnn(CCCC(=O)O)n2)ccc(C(C)=O)c1O. The summed E-state index contributed by atoms with van der Waals surface area (Å²) in [4.78, 5) is 23.6. The summed E-state index contributed by atoms with van der Waals surface area (Å²) in [5, 5.41) is 31.2. The van der Waals surface area contributed by atoms with E-state index in [0.29, 0.717) is 48.7 Å². The maximum absolute atomic E-state index is 11.6. The maximum Gasteiger partial charge on any atom is 0.303 e. The zero-order chi connectivity index (χ0) is 22.6. The molecule has 31 heavy (non-hydrogen) atoms. The summed E-state index contributed by atoms with van der Waals surface area (Å²) in [6.07, 6.45) is 6.66. The third kappa shape index (κ3) is 7.99. The number of benzene rings is 1. The van der Waals surface area contributed by atoms with Gasteiger partial charge in [0.25, 0.3) is 0 Å². The van der Waals surface area contributed by atoms with E-state index in [4.69, 9.17) is 9.84 Å². The van der Waals surface area contributed by atoms with Crippen molar-refractivity contribution in [2.45, 2.75) is 78.2 Å². The van der Waals surface area contributed by atoms with Gasteiger partial charge in [0, 0.05) is 18.4 Å². The number of aromatic nitrogens is 4. The molecule has 0 atom stereocenters. The van der Waals surface area contributed by atoms with Crippen molar-refractivity contribution < 1.29 is 24.5 Å². The third-order valence-electron chi connectivity index (χ3n) is 4.91. The first-order chi connectivity index (χ1) is 14.9. The van der Waals surface area contributed by atoms with Gasteiger partial charge in [0.15, 0.2) is 11.6 Å². The molecule has 0 radical (unpaired) electrons. The lowest BCUT2D eigenvalue weighted by Gasteiger charge is -2.14. The second-order valence-corrected chi connectivity index (χ2v) is 7.56. The van der Waals surface area contributed by atoms with Crippen LogP contribution in [0.5, 0.6) is 11.5 Å². The third-order valence-corrected chi connectivity index (χ3v) is 4.91. The lowest BCUT2D eigenvalue weighted by molar-refractivity contribution is -0.137. The first-order valence-corrected chi connectivity index (χ1v) is 10.9. The number of unbranched alkanes of at least 4 members (excludes halogenated alkanes) is 3. The normalized spacial score (nSPS) is 10.9. The molecule has 0 amide bonds. The molecule has 0 saturated heterocycles. The highest BCUT2D eigenvalue weighted by atomic mass is 16.5. The summed E-state index contributed by atoms with van der Waals surface area (Å²) in [7, 11) is 0. The summed E-state index contributed by atoms with van der Waals surface area (Å²) in [6, 6.07) is 3.39. The number of hydrogen-bond acceptors (Lipinski definition) is 7. The summed E-state index contributed by atoms with van der Waals surface area (Å²) in [6.45, 7) is 4.47.